The lowest BCUT2D eigenvalue weighted by molar-refractivity contribution is 0.688. The Bertz CT molecular complexity index is 1110. The van der Waals surface area contributed by atoms with E-state index in [-0.39, 0.29) is 5.84 Å². The van der Waals surface area contributed by atoms with Crippen molar-refractivity contribution in [1.29, 1.82) is 5.41 Å². The molecule has 1 unspecified atom stereocenters. The van der Waals surface area contributed by atoms with Crippen LogP contribution in [0.4, 0.5) is 0 Å². The number of hydrogen-bond donors (Lipinski definition) is 2. The number of thiophene rings is 1. The molecule has 2 aromatic heterocycles. The molecule has 0 amide bonds. The van der Waals surface area contributed by atoms with Crippen molar-refractivity contribution in [3.63, 3.8) is 0 Å². The summed E-state index contributed by atoms with van der Waals surface area (Å²) in [5.74, 6) is 0.0820. The van der Waals surface area contributed by atoms with E-state index >= 15 is 0 Å². The number of amidine groups is 1. The van der Waals surface area contributed by atoms with Crippen molar-refractivity contribution >= 4 is 58.1 Å². The number of thiazole rings is 1. The number of aryl methyl sites for hydroxylation is 1. The number of allylic oxidation sites excluding steroid dienone is 1. The number of halogens is 1. The van der Waals surface area contributed by atoms with Crippen molar-refractivity contribution < 1.29 is 0 Å². The van der Waals surface area contributed by atoms with Crippen LogP contribution in [0.2, 0.25) is 5.02 Å². The van der Waals surface area contributed by atoms with Gasteiger partial charge in [0, 0.05) is 22.2 Å². The fourth-order valence-corrected chi connectivity index (χ4v) is 6.19. The maximum Gasteiger partial charge on any atom is 0.156 e. The number of nitrogens with one attached hydrogen (secondary N) is 1. The third-order valence-corrected chi connectivity index (χ3v) is 8.06. The van der Waals surface area contributed by atoms with Crippen molar-refractivity contribution in [3.8, 4) is 11.3 Å². The SMILES string of the molecule is CSc1sc(C(=N)N)cc1-c1csc(C2(c3ccc(Cl)cc3C)C=CC=N2)n1. The van der Waals surface area contributed by atoms with Crippen LogP contribution in [0.25, 0.3) is 11.3 Å². The number of benzene rings is 1. The maximum atomic E-state index is 7.73. The first-order chi connectivity index (χ1) is 13.4. The summed E-state index contributed by atoms with van der Waals surface area (Å²) in [6, 6.07) is 7.83. The summed E-state index contributed by atoms with van der Waals surface area (Å²) in [4.78, 5) is 10.5. The van der Waals surface area contributed by atoms with Crippen molar-refractivity contribution in [3.05, 3.63) is 67.8 Å². The summed E-state index contributed by atoms with van der Waals surface area (Å²) in [6.45, 7) is 2.04. The van der Waals surface area contributed by atoms with Gasteiger partial charge in [0.1, 0.15) is 10.8 Å². The lowest BCUT2D eigenvalue weighted by Gasteiger charge is -2.24. The molecule has 0 radical (unpaired) electrons. The van der Waals surface area contributed by atoms with Crippen LogP contribution in [0.5, 0.6) is 0 Å². The second-order valence-corrected chi connectivity index (χ2v) is 9.75. The van der Waals surface area contributed by atoms with Gasteiger partial charge in [-0.15, -0.1) is 34.4 Å². The highest BCUT2D eigenvalue weighted by atomic mass is 35.5. The van der Waals surface area contributed by atoms with Gasteiger partial charge in [0.2, 0.25) is 0 Å². The van der Waals surface area contributed by atoms with Gasteiger partial charge in [-0.05, 0) is 54.7 Å². The molecule has 3 N–H and O–H groups in total. The number of nitrogens with zero attached hydrogens (tertiary/aromatic N) is 2. The van der Waals surface area contributed by atoms with Crippen molar-refractivity contribution in [2.24, 2.45) is 10.7 Å². The molecule has 1 atom stereocenters. The average Bonchev–Trinajstić information content (AvgIpc) is 3.40. The summed E-state index contributed by atoms with van der Waals surface area (Å²) in [5, 5.41) is 11.4. The van der Waals surface area contributed by atoms with E-state index in [2.05, 4.69) is 11.5 Å². The molecule has 0 saturated heterocycles. The number of aliphatic imine (C=N–C) groups is 1. The number of hydrogen-bond acceptors (Lipinski definition) is 6. The van der Waals surface area contributed by atoms with E-state index in [0.29, 0.717) is 5.02 Å². The van der Waals surface area contributed by atoms with Crippen molar-refractivity contribution in [1.82, 2.24) is 4.98 Å². The van der Waals surface area contributed by atoms with Crippen LogP contribution in [0.3, 0.4) is 0 Å². The Morgan fingerprint density at radius 1 is 1.32 bits per heavy atom. The minimum absolute atomic E-state index is 0.0820. The van der Waals surface area contributed by atoms with Gasteiger partial charge in [0.25, 0.3) is 0 Å². The highest BCUT2D eigenvalue weighted by Crippen LogP contribution is 2.44. The van der Waals surface area contributed by atoms with Crippen LogP contribution in [-0.2, 0) is 5.54 Å². The molecule has 0 aliphatic carbocycles. The van der Waals surface area contributed by atoms with Crippen LogP contribution < -0.4 is 5.73 Å². The number of rotatable bonds is 5. The predicted octanol–water partition coefficient (Wildman–Crippen LogP) is 5.72. The molecule has 0 saturated carbocycles. The Hall–Kier alpha value is -1.93. The minimum Gasteiger partial charge on any atom is -0.383 e. The molecule has 1 aliphatic rings. The molecule has 8 heteroatoms. The van der Waals surface area contributed by atoms with E-state index in [9.17, 15) is 0 Å². The van der Waals surface area contributed by atoms with Crippen molar-refractivity contribution in [2.75, 3.05) is 6.26 Å². The Morgan fingerprint density at radius 3 is 2.79 bits per heavy atom. The van der Waals surface area contributed by atoms with Gasteiger partial charge < -0.3 is 5.73 Å². The van der Waals surface area contributed by atoms with E-state index in [1.165, 1.54) is 11.3 Å². The monoisotopic (exact) mass is 444 g/mol. The number of thioether (sulfide) groups is 1. The first-order valence-corrected chi connectivity index (χ1v) is 11.7. The second-order valence-electron chi connectivity index (χ2n) is 6.33. The van der Waals surface area contributed by atoms with Gasteiger partial charge in [-0.2, -0.15) is 0 Å². The molecule has 0 fully saturated rings. The van der Waals surface area contributed by atoms with Crippen molar-refractivity contribution in [2.45, 2.75) is 16.7 Å². The summed E-state index contributed by atoms with van der Waals surface area (Å²) in [5.41, 5.74) is 9.10. The summed E-state index contributed by atoms with van der Waals surface area (Å²) in [6.07, 6.45) is 7.88. The predicted molar refractivity (Wildman–Crippen MR) is 123 cm³/mol. The minimum atomic E-state index is -0.628. The lowest BCUT2D eigenvalue weighted by Crippen LogP contribution is -2.22. The summed E-state index contributed by atoms with van der Waals surface area (Å²) >= 11 is 10.9. The molecule has 3 aromatic rings. The third-order valence-electron chi connectivity index (χ3n) is 4.56. The molecule has 1 aromatic carbocycles. The van der Waals surface area contributed by atoms with Crippen LogP contribution in [0.1, 0.15) is 21.0 Å². The topological polar surface area (TPSA) is 75.1 Å². The molecule has 4 nitrogen and oxygen atoms in total. The van der Waals surface area contributed by atoms with E-state index in [0.717, 1.165) is 36.5 Å². The van der Waals surface area contributed by atoms with Gasteiger partial charge in [-0.1, -0.05) is 17.7 Å². The highest BCUT2D eigenvalue weighted by Gasteiger charge is 2.37. The van der Waals surface area contributed by atoms with Gasteiger partial charge in [0.15, 0.2) is 5.54 Å². The molecule has 4 rings (SSSR count). The second kappa shape index (κ2) is 7.48. The van der Waals surface area contributed by atoms with Crippen LogP contribution in [0.15, 0.2) is 51.0 Å². The van der Waals surface area contributed by atoms with E-state index in [4.69, 9.17) is 32.7 Å². The molecule has 3 heterocycles. The summed E-state index contributed by atoms with van der Waals surface area (Å²) in [7, 11) is 0. The van der Waals surface area contributed by atoms with Gasteiger partial charge in [-0.25, -0.2) is 4.98 Å². The zero-order valence-corrected chi connectivity index (χ0v) is 18.4. The smallest absolute Gasteiger partial charge is 0.156 e. The molecule has 1 aliphatic heterocycles. The van der Waals surface area contributed by atoms with Crippen LogP contribution in [0, 0.1) is 12.3 Å². The average molecular weight is 445 g/mol. The van der Waals surface area contributed by atoms with E-state index in [1.807, 2.05) is 49.7 Å². The quantitative estimate of drug-likeness (QED) is 0.300. The molecule has 0 spiro atoms. The zero-order valence-electron chi connectivity index (χ0n) is 15.2. The van der Waals surface area contributed by atoms with Crippen LogP contribution in [-0.4, -0.2) is 23.3 Å². The molecule has 28 heavy (non-hydrogen) atoms. The fourth-order valence-electron chi connectivity index (χ4n) is 3.25. The summed E-state index contributed by atoms with van der Waals surface area (Å²) < 4.78 is 1.10. The Balaban J connectivity index is 1.83. The zero-order chi connectivity index (χ0) is 19.9. The van der Waals surface area contributed by atoms with Gasteiger partial charge >= 0.3 is 0 Å². The first-order valence-electron chi connectivity index (χ1n) is 8.43. The molecular weight excluding hydrogens is 428 g/mol. The van der Waals surface area contributed by atoms with Gasteiger partial charge in [0.05, 0.1) is 14.8 Å². The molecular formula is C20H17ClN4S3. The lowest BCUT2D eigenvalue weighted by atomic mass is 9.88. The molecule has 0 bridgehead atoms. The maximum absolute atomic E-state index is 7.73. The van der Waals surface area contributed by atoms with Crippen LogP contribution >= 0.6 is 46.0 Å². The van der Waals surface area contributed by atoms with E-state index in [1.54, 1.807) is 23.1 Å². The number of nitrogens with two attached hydrogens (primary N) is 1. The normalized spacial score (nSPS) is 18.1. The van der Waals surface area contributed by atoms with E-state index < -0.39 is 5.54 Å². The first kappa shape index (κ1) is 19.4. The highest BCUT2D eigenvalue weighted by molar-refractivity contribution is 8.00. The Kier molecular flexibility index (Phi) is 5.18. The molecule has 142 valence electrons. The Labute approximate surface area is 180 Å². The number of nitrogen functional groups attached to an aromatic ring is 1. The standard InChI is InChI=1S/C20H17ClN4S3/c1-11-8-12(21)4-5-14(11)20(6-3-7-24-20)19-25-15(10-27-19)13-9-16(17(22)23)28-18(13)26-2/h3-10H,1-2H3,(H3,22,23). The fraction of sp³-hybridized carbons (Fsp3) is 0.150. The number of aromatic nitrogens is 1. The van der Waals surface area contributed by atoms with Gasteiger partial charge in [-0.3, -0.25) is 10.4 Å². The largest absolute Gasteiger partial charge is 0.383 e. The Morgan fingerprint density at radius 2 is 2.14 bits per heavy atom. The third kappa shape index (κ3) is 3.22.